The van der Waals surface area contributed by atoms with Crippen molar-refractivity contribution in [1.82, 2.24) is 15.1 Å². The summed E-state index contributed by atoms with van der Waals surface area (Å²) in [5.41, 5.74) is 2.11. The standard InChI is InChI=1S/C25H23F2N3O2/c1-25(2,32)11-10-16-6-8-17(9-7-16)24(31)29-22-4-3-5-23-21(22)15-28-30(23)20-13-18(26)12-19(27)14-20/h6-9,12-15,22,32H,3-5H2,1-2H3,(H,29,31). The van der Waals surface area contributed by atoms with E-state index in [1.165, 1.54) is 16.8 Å². The second-order valence-electron chi connectivity index (χ2n) is 8.39. The summed E-state index contributed by atoms with van der Waals surface area (Å²) in [6.07, 6.45) is 3.91. The van der Waals surface area contributed by atoms with Gasteiger partial charge in [0.05, 0.1) is 17.9 Å². The van der Waals surface area contributed by atoms with Crippen LogP contribution in [0.4, 0.5) is 8.78 Å². The maximum absolute atomic E-state index is 13.7. The summed E-state index contributed by atoms with van der Waals surface area (Å²) < 4.78 is 28.9. The molecule has 1 aromatic heterocycles. The molecule has 0 saturated heterocycles. The number of carbonyl (C=O) groups excluding carboxylic acids is 1. The Kier molecular flexibility index (Phi) is 5.81. The first-order valence-electron chi connectivity index (χ1n) is 10.4. The molecule has 1 unspecified atom stereocenters. The minimum atomic E-state index is -1.09. The lowest BCUT2D eigenvalue weighted by molar-refractivity contribution is 0.0932. The van der Waals surface area contributed by atoms with E-state index in [0.717, 1.165) is 30.2 Å². The van der Waals surface area contributed by atoms with Crippen molar-refractivity contribution in [2.45, 2.75) is 44.8 Å². The van der Waals surface area contributed by atoms with Gasteiger partial charge in [0.25, 0.3) is 5.91 Å². The molecule has 1 aliphatic carbocycles. The highest BCUT2D eigenvalue weighted by atomic mass is 19.1. The lowest BCUT2D eigenvalue weighted by atomic mass is 9.92. The second kappa shape index (κ2) is 8.56. The first kappa shape index (κ1) is 21.7. The first-order chi connectivity index (χ1) is 15.2. The topological polar surface area (TPSA) is 67.2 Å². The summed E-state index contributed by atoms with van der Waals surface area (Å²) >= 11 is 0. The Morgan fingerprint density at radius 2 is 1.88 bits per heavy atom. The third-order valence-corrected chi connectivity index (χ3v) is 5.24. The average Bonchev–Trinajstić information content (AvgIpc) is 3.17. The van der Waals surface area contributed by atoms with Gasteiger partial charge in [0.15, 0.2) is 0 Å². The number of aliphatic hydroxyl groups is 1. The van der Waals surface area contributed by atoms with Gasteiger partial charge in [-0.1, -0.05) is 11.8 Å². The highest BCUT2D eigenvalue weighted by Gasteiger charge is 2.26. The van der Waals surface area contributed by atoms with E-state index in [9.17, 15) is 18.7 Å². The van der Waals surface area contributed by atoms with Crippen molar-refractivity contribution in [2.24, 2.45) is 0 Å². The van der Waals surface area contributed by atoms with Gasteiger partial charge in [-0.15, -0.1) is 0 Å². The van der Waals surface area contributed by atoms with E-state index in [0.29, 0.717) is 23.2 Å². The van der Waals surface area contributed by atoms with Crippen LogP contribution in [0.1, 0.15) is 59.9 Å². The lowest BCUT2D eigenvalue weighted by Crippen LogP contribution is -2.31. The molecule has 2 aromatic carbocycles. The second-order valence-corrected chi connectivity index (χ2v) is 8.39. The highest BCUT2D eigenvalue weighted by molar-refractivity contribution is 5.94. The third-order valence-electron chi connectivity index (χ3n) is 5.24. The number of fused-ring (bicyclic) bond motifs is 1. The molecule has 164 valence electrons. The average molecular weight is 435 g/mol. The summed E-state index contributed by atoms with van der Waals surface area (Å²) in [5, 5.41) is 17.1. The minimum absolute atomic E-state index is 0.227. The molecule has 1 amide bonds. The molecule has 0 spiro atoms. The molecule has 32 heavy (non-hydrogen) atoms. The molecule has 4 rings (SSSR count). The fourth-order valence-corrected chi connectivity index (χ4v) is 3.76. The van der Waals surface area contributed by atoms with Crippen molar-refractivity contribution in [2.75, 3.05) is 0 Å². The Morgan fingerprint density at radius 1 is 1.19 bits per heavy atom. The highest BCUT2D eigenvalue weighted by Crippen LogP contribution is 2.31. The van der Waals surface area contributed by atoms with Crippen LogP contribution in [0.5, 0.6) is 0 Å². The largest absolute Gasteiger partial charge is 0.378 e. The van der Waals surface area contributed by atoms with Gasteiger partial charge in [-0.25, -0.2) is 13.5 Å². The van der Waals surface area contributed by atoms with Crippen LogP contribution in [-0.4, -0.2) is 26.4 Å². The van der Waals surface area contributed by atoms with Gasteiger partial charge in [0.2, 0.25) is 0 Å². The maximum Gasteiger partial charge on any atom is 0.251 e. The number of hydrogen-bond donors (Lipinski definition) is 2. The third kappa shape index (κ3) is 4.87. The van der Waals surface area contributed by atoms with E-state index in [2.05, 4.69) is 22.3 Å². The molecule has 7 heteroatoms. The quantitative estimate of drug-likeness (QED) is 0.610. The number of hydrogen-bond acceptors (Lipinski definition) is 3. The number of aromatic nitrogens is 2. The summed E-state index contributed by atoms with van der Waals surface area (Å²) in [6, 6.07) is 9.89. The van der Waals surface area contributed by atoms with Crippen molar-refractivity contribution in [1.29, 1.82) is 0 Å². The Bertz CT molecular complexity index is 1190. The number of amides is 1. The predicted octanol–water partition coefficient (Wildman–Crippen LogP) is 4.08. The van der Waals surface area contributed by atoms with E-state index in [1.807, 2.05) is 0 Å². The van der Waals surface area contributed by atoms with Crippen molar-refractivity contribution in [3.63, 3.8) is 0 Å². The van der Waals surface area contributed by atoms with Crippen LogP contribution >= 0.6 is 0 Å². The van der Waals surface area contributed by atoms with Gasteiger partial charge in [-0.2, -0.15) is 5.10 Å². The molecule has 0 bridgehead atoms. The van der Waals surface area contributed by atoms with E-state index < -0.39 is 17.2 Å². The van der Waals surface area contributed by atoms with Crippen molar-refractivity contribution >= 4 is 5.91 Å². The first-order valence-corrected chi connectivity index (χ1v) is 10.4. The molecule has 0 aliphatic heterocycles. The van der Waals surface area contributed by atoms with Crippen LogP contribution in [0.3, 0.4) is 0 Å². The number of nitrogens with one attached hydrogen (secondary N) is 1. The van der Waals surface area contributed by atoms with Crippen LogP contribution in [0.25, 0.3) is 5.69 Å². The molecular weight excluding hydrogens is 412 g/mol. The number of benzene rings is 2. The van der Waals surface area contributed by atoms with Crippen molar-refractivity contribution in [3.05, 3.63) is 82.7 Å². The Labute approximate surface area is 185 Å². The van der Waals surface area contributed by atoms with Crippen LogP contribution in [0, 0.1) is 23.5 Å². The van der Waals surface area contributed by atoms with Gasteiger partial charge in [-0.05, 0) is 69.5 Å². The Balaban J connectivity index is 1.52. The zero-order valence-corrected chi connectivity index (χ0v) is 17.8. The van der Waals surface area contributed by atoms with Crippen molar-refractivity contribution < 1.29 is 18.7 Å². The minimum Gasteiger partial charge on any atom is -0.378 e. The number of rotatable bonds is 3. The predicted molar refractivity (Wildman–Crippen MR) is 116 cm³/mol. The fourth-order valence-electron chi connectivity index (χ4n) is 3.76. The van der Waals surface area contributed by atoms with Gasteiger partial charge < -0.3 is 10.4 Å². The van der Waals surface area contributed by atoms with E-state index in [-0.39, 0.29) is 11.9 Å². The van der Waals surface area contributed by atoms with E-state index in [4.69, 9.17) is 0 Å². The smallest absolute Gasteiger partial charge is 0.251 e. The SMILES string of the molecule is CC(C)(O)C#Cc1ccc(C(=O)NC2CCCc3c2cnn3-c2cc(F)cc(F)c2)cc1. The zero-order chi connectivity index (χ0) is 22.9. The van der Waals surface area contributed by atoms with Crippen LogP contribution < -0.4 is 5.32 Å². The monoisotopic (exact) mass is 435 g/mol. The van der Waals surface area contributed by atoms with Gasteiger partial charge >= 0.3 is 0 Å². The number of carbonyl (C=O) groups is 1. The molecule has 3 aromatic rings. The summed E-state index contributed by atoms with van der Waals surface area (Å²) in [6.45, 7) is 3.21. The number of halogens is 2. The Hall–Kier alpha value is -3.50. The molecular formula is C25H23F2N3O2. The van der Waals surface area contributed by atoms with Crippen LogP contribution in [-0.2, 0) is 6.42 Å². The molecule has 0 radical (unpaired) electrons. The fraction of sp³-hybridized carbons (Fsp3) is 0.280. The molecule has 0 fully saturated rings. The molecule has 5 nitrogen and oxygen atoms in total. The van der Waals surface area contributed by atoms with Gasteiger partial charge in [0, 0.05) is 28.5 Å². The van der Waals surface area contributed by atoms with Gasteiger partial charge in [0.1, 0.15) is 17.2 Å². The number of nitrogens with zero attached hydrogens (tertiary/aromatic N) is 2. The van der Waals surface area contributed by atoms with E-state index >= 15 is 0 Å². The Morgan fingerprint density at radius 3 is 2.53 bits per heavy atom. The normalized spacial score (nSPS) is 15.5. The molecule has 1 heterocycles. The summed E-state index contributed by atoms with van der Waals surface area (Å²) in [7, 11) is 0. The maximum atomic E-state index is 13.7. The zero-order valence-electron chi connectivity index (χ0n) is 17.8. The molecule has 2 N–H and O–H groups in total. The van der Waals surface area contributed by atoms with Crippen LogP contribution in [0.15, 0.2) is 48.7 Å². The summed E-state index contributed by atoms with van der Waals surface area (Å²) in [4.78, 5) is 12.8. The summed E-state index contributed by atoms with van der Waals surface area (Å²) in [5.74, 6) is 4.05. The lowest BCUT2D eigenvalue weighted by Gasteiger charge is -2.24. The molecule has 1 atom stereocenters. The van der Waals surface area contributed by atoms with Gasteiger partial charge in [-0.3, -0.25) is 4.79 Å². The molecule has 1 aliphatic rings. The molecule has 0 saturated carbocycles. The van der Waals surface area contributed by atoms with Crippen LogP contribution in [0.2, 0.25) is 0 Å². The van der Waals surface area contributed by atoms with E-state index in [1.54, 1.807) is 44.3 Å². The van der Waals surface area contributed by atoms with Crippen molar-refractivity contribution in [3.8, 4) is 17.5 Å².